The van der Waals surface area contributed by atoms with Crippen molar-refractivity contribution in [3.05, 3.63) is 35.4 Å². The van der Waals surface area contributed by atoms with Crippen molar-refractivity contribution in [2.45, 2.75) is 12.7 Å². The van der Waals surface area contributed by atoms with Crippen molar-refractivity contribution in [2.75, 3.05) is 11.9 Å². The predicted molar refractivity (Wildman–Crippen MR) is 56.9 cm³/mol. The summed E-state index contributed by atoms with van der Waals surface area (Å²) in [7, 11) is 0. The quantitative estimate of drug-likeness (QED) is 0.660. The van der Waals surface area contributed by atoms with E-state index in [9.17, 15) is 13.2 Å². The number of hydrogen-bond donors (Lipinski definition) is 1. The molecule has 1 aromatic rings. The van der Waals surface area contributed by atoms with E-state index in [1.54, 1.807) is 0 Å². The highest BCUT2D eigenvalue weighted by molar-refractivity contribution is 9.09. The molecular weight excluding hydrogens is 271 g/mol. The summed E-state index contributed by atoms with van der Waals surface area (Å²) in [6, 6.07) is 5.18. The van der Waals surface area contributed by atoms with Gasteiger partial charge in [0.1, 0.15) is 0 Å². The van der Waals surface area contributed by atoms with Gasteiger partial charge in [-0.15, -0.1) is 0 Å². The Morgan fingerprint density at radius 1 is 1.13 bits per heavy atom. The van der Waals surface area contributed by atoms with E-state index >= 15 is 0 Å². The number of nitrogens with one attached hydrogen (secondary N) is 1. The molecule has 0 bridgehead atoms. The monoisotopic (exact) mass is 281 g/mol. The average Bonchev–Trinajstić information content (AvgIpc) is 2.18. The van der Waals surface area contributed by atoms with E-state index < -0.39 is 11.7 Å². The number of hydrogen-bond acceptors (Lipinski definition) is 1. The molecule has 0 fully saturated rings. The van der Waals surface area contributed by atoms with Gasteiger partial charge in [0.15, 0.2) is 0 Å². The molecule has 0 radical (unpaired) electrons. The fourth-order valence-corrected chi connectivity index (χ4v) is 1.39. The summed E-state index contributed by atoms with van der Waals surface area (Å²) in [4.78, 5) is 0. The van der Waals surface area contributed by atoms with Crippen LogP contribution in [-0.4, -0.2) is 11.9 Å². The predicted octanol–water partition coefficient (Wildman–Crippen LogP) is 3.19. The first-order chi connectivity index (χ1) is 7.04. The molecule has 0 aliphatic heterocycles. The second-order valence-corrected chi connectivity index (χ2v) is 3.85. The van der Waals surface area contributed by atoms with Crippen LogP contribution in [0.15, 0.2) is 24.3 Å². The highest BCUT2D eigenvalue weighted by Gasteiger charge is 2.29. The van der Waals surface area contributed by atoms with E-state index in [1.165, 1.54) is 12.1 Å². The Bertz CT molecular complexity index is 295. The molecule has 1 aromatic carbocycles. The topological polar surface area (TPSA) is 12.0 Å². The van der Waals surface area contributed by atoms with Gasteiger partial charge < -0.3 is 5.32 Å². The summed E-state index contributed by atoms with van der Waals surface area (Å²) in [5, 5.41) is 3.91. The van der Waals surface area contributed by atoms with Crippen LogP contribution >= 0.6 is 15.9 Å². The van der Waals surface area contributed by atoms with Crippen LogP contribution < -0.4 is 5.32 Å². The van der Waals surface area contributed by atoms with Crippen molar-refractivity contribution in [2.24, 2.45) is 0 Å². The number of benzene rings is 1. The average molecular weight is 282 g/mol. The number of alkyl halides is 4. The Morgan fingerprint density at radius 2 is 1.73 bits per heavy atom. The van der Waals surface area contributed by atoms with Crippen LogP contribution in [0.5, 0.6) is 0 Å². The van der Waals surface area contributed by atoms with E-state index in [1.807, 2.05) is 0 Å². The third-order valence-electron chi connectivity index (χ3n) is 1.88. The van der Waals surface area contributed by atoms with Gasteiger partial charge in [-0.2, -0.15) is 13.2 Å². The van der Waals surface area contributed by atoms with Gasteiger partial charge in [0.25, 0.3) is 0 Å². The molecule has 0 saturated heterocycles. The van der Waals surface area contributed by atoms with Gasteiger partial charge in [0, 0.05) is 18.4 Å². The van der Waals surface area contributed by atoms with Crippen LogP contribution in [0, 0.1) is 0 Å². The van der Waals surface area contributed by atoms with E-state index in [2.05, 4.69) is 21.2 Å². The summed E-state index contributed by atoms with van der Waals surface area (Å²) in [5.74, 6) is 0. The summed E-state index contributed by atoms with van der Waals surface area (Å²) in [5.41, 5.74) is 0.246. The first-order valence-corrected chi connectivity index (χ1v) is 5.59. The Balaban J connectivity index is 2.57. The lowest BCUT2D eigenvalue weighted by molar-refractivity contribution is -0.137. The summed E-state index contributed by atoms with van der Waals surface area (Å²) in [6.07, 6.45) is -4.25. The van der Waals surface area contributed by atoms with Crippen LogP contribution in [0.2, 0.25) is 0 Å². The molecule has 0 saturated carbocycles. The highest BCUT2D eigenvalue weighted by Crippen LogP contribution is 2.28. The fourth-order valence-electron chi connectivity index (χ4n) is 1.11. The fraction of sp³-hybridized carbons (Fsp3) is 0.400. The molecule has 5 heteroatoms. The summed E-state index contributed by atoms with van der Waals surface area (Å²) < 4.78 is 36.6. The second-order valence-electron chi connectivity index (χ2n) is 3.06. The normalized spacial score (nSPS) is 11.7. The lowest BCUT2D eigenvalue weighted by atomic mass is 10.1. The maximum atomic E-state index is 12.2. The molecule has 1 nitrogen and oxygen atoms in total. The lowest BCUT2D eigenvalue weighted by Gasteiger charge is -2.07. The van der Waals surface area contributed by atoms with Crippen LogP contribution in [-0.2, 0) is 12.7 Å². The molecule has 0 aliphatic rings. The van der Waals surface area contributed by atoms with Crippen molar-refractivity contribution in [3.8, 4) is 0 Å². The summed E-state index contributed by atoms with van der Waals surface area (Å²) in [6.45, 7) is 1.38. The Hall–Kier alpha value is -0.550. The number of rotatable bonds is 4. The standard InChI is InChI=1S/C10H11BrF3N/c11-5-6-15-7-8-1-3-9(4-2-8)10(12,13)14/h1-4,15H,5-7H2. The first-order valence-electron chi connectivity index (χ1n) is 4.47. The molecule has 0 spiro atoms. The molecular formula is C10H11BrF3N. The minimum atomic E-state index is -4.25. The van der Waals surface area contributed by atoms with Gasteiger partial charge in [-0.05, 0) is 17.7 Å². The maximum absolute atomic E-state index is 12.2. The zero-order chi connectivity index (χ0) is 11.3. The molecule has 84 valence electrons. The molecule has 0 heterocycles. The molecule has 0 unspecified atom stereocenters. The van der Waals surface area contributed by atoms with Crippen molar-refractivity contribution in [3.63, 3.8) is 0 Å². The van der Waals surface area contributed by atoms with Crippen LogP contribution in [0.4, 0.5) is 13.2 Å². The van der Waals surface area contributed by atoms with Crippen molar-refractivity contribution >= 4 is 15.9 Å². The minimum absolute atomic E-state index is 0.587. The van der Waals surface area contributed by atoms with Gasteiger partial charge in [-0.3, -0.25) is 0 Å². The van der Waals surface area contributed by atoms with E-state index in [-0.39, 0.29) is 0 Å². The molecule has 0 aromatic heterocycles. The Labute approximate surface area is 94.8 Å². The molecule has 0 amide bonds. The van der Waals surface area contributed by atoms with Crippen molar-refractivity contribution in [1.82, 2.24) is 5.32 Å². The van der Waals surface area contributed by atoms with Crippen LogP contribution in [0.1, 0.15) is 11.1 Å². The van der Waals surface area contributed by atoms with Crippen molar-refractivity contribution < 1.29 is 13.2 Å². The van der Waals surface area contributed by atoms with Gasteiger partial charge in [0.2, 0.25) is 0 Å². The minimum Gasteiger partial charge on any atom is -0.312 e. The molecule has 0 aliphatic carbocycles. The zero-order valence-corrected chi connectivity index (χ0v) is 9.53. The third kappa shape index (κ3) is 4.22. The van der Waals surface area contributed by atoms with Gasteiger partial charge >= 0.3 is 6.18 Å². The smallest absolute Gasteiger partial charge is 0.312 e. The molecule has 0 atom stereocenters. The summed E-state index contributed by atoms with van der Waals surface area (Å²) >= 11 is 3.25. The van der Waals surface area contributed by atoms with Gasteiger partial charge in [0.05, 0.1) is 5.56 Å². The van der Waals surface area contributed by atoms with Crippen LogP contribution in [0.3, 0.4) is 0 Å². The van der Waals surface area contributed by atoms with Crippen LogP contribution in [0.25, 0.3) is 0 Å². The number of halogens is 4. The Kier molecular flexibility index (Phi) is 4.60. The van der Waals surface area contributed by atoms with Gasteiger partial charge in [-0.25, -0.2) is 0 Å². The maximum Gasteiger partial charge on any atom is 0.416 e. The molecule has 1 rings (SSSR count). The van der Waals surface area contributed by atoms with E-state index in [0.717, 1.165) is 29.6 Å². The Morgan fingerprint density at radius 3 is 2.20 bits per heavy atom. The third-order valence-corrected chi connectivity index (χ3v) is 2.28. The van der Waals surface area contributed by atoms with Gasteiger partial charge in [-0.1, -0.05) is 28.1 Å². The van der Waals surface area contributed by atoms with Crippen molar-refractivity contribution in [1.29, 1.82) is 0 Å². The first kappa shape index (κ1) is 12.5. The SMILES string of the molecule is FC(F)(F)c1ccc(CNCCBr)cc1. The highest BCUT2D eigenvalue weighted by atomic mass is 79.9. The largest absolute Gasteiger partial charge is 0.416 e. The molecule has 15 heavy (non-hydrogen) atoms. The molecule has 1 N–H and O–H groups in total. The lowest BCUT2D eigenvalue weighted by Crippen LogP contribution is -2.15. The van der Waals surface area contributed by atoms with E-state index in [4.69, 9.17) is 0 Å². The van der Waals surface area contributed by atoms with E-state index in [0.29, 0.717) is 6.54 Å². The zero-order valence-electron chi connectivity index (χ0n) is 7.94. The second kappa shape index (κ2) is 5.51.